The maximum absolute atomic E-state index is 13.4. The first-order valence-corrected chi connectivity index (χ1v) is 11.7. The van der Waals surface area contributed by atoms with Crippen LogP contribution in [0.25, 0.3) is 5.76 Å². The zero-order chi connectivity index (χ0) is 24.8. The third-order valence-electron chi connectivity index (χ3n) is 6.20. The zero-order valence-corrected chi connectivity index (χ0v) is 19.5. The van der Waals surface area contributed by atoms with Crippen molar-refractivity contribution in [2.75, 3.05) is 46.0 Å². The Balaban J connectivity index is 1.65. The number of hydrogen-bond acceptors (Lipinski definition) is 6. The molecule has 2 fully saturated rings. The first kappa shape index (κ1) is 24.6. The second-order valence-electron chi connectivity index (χ2n) is 8.48. The number of ether oxygens (including phenoxy) is 2. The number of amides is 1. The van der Waals surface area contributed by atoms with Crippen molar-refractivity contribution in [3.05, 3.63) is 83.7 Å². The second kappa shape index (κ2) is 11.3. The number of aliphatic hydroxyl groups is 1. The van der Waals surface area contributed by atoms with Gasteiger partial charge in [-0.2, -0.15) is 0 Å². The molecular formula is C27H29FN2O5. The van der Waals surface area contributed by atoms with Crippen molar-refractivity contribution in [1.82, 2.24) is 9.80 Å². The summed E-state index contributed by atoms with van der Waals surface area (Å²) in [5, 5.41) is 11.0. The van der Waals surface area contributed by atoms with Gasteiger partial charge >= 0.3 is 0 Å². The molecule has 2 aliphatic rings. The summed E-state index contributed by atoms with van der Waals surface area (Å²) in [4.78, 5) is 30.0. The van der Waals surface area contributed by atoms with Crippen molar-refractivity contribution in [2.24, 2.45) is 0 Å². The number of aliphatic hydroxyl groups excluding tert-OH is 1. The van der Waals surface area contributed by atoms with Gasteiger partial charge in [-0.25, -0.2) is 4.39 Å². The highest BCUT2D eigenvalue weighted by Crippen LogP contribution is 2.40. The number of carbonyl (C=O) groups excluding carboxylic acids is 2. The van der Waals surface area contributed by atoms with Crippen LogP contribution >= 0.6 is 0 Å². The van der Waals surface area contributed by atoms with Crippen LogP contribution in [-0.4, -0.2) is 72.6 Å². The highest BCUT2D eigenvalue weighted by molar-refractivity contribution is 6.46. The molecule has 0 aromatic heterocycles. The second-order valence-corrected chi connectivity index (χ2v) is 8.48. The predicted molar refractivity (Wildman–Crippen MR) is 129 cm³/mol. The highest BCUT2D eigenvalue weighted by Gasteiger charge is 2.45. The maximum atomic E-state index is 13.4. The molecule has 1 amide bonds. The first-order chi connectivity index (χ1) is 17.0. The number of carbonyl (C=O) groups is 2. The molecule has 7 nitrogen and oxygen atoms in total. The van der Waals surface area contributed by atoms with Crippen molar-refractivity contribution in [2.45, 2.75) is 12.5 Å². The molecular weight excluding hydrogens is 451 g/mol. The Labute approximate surface area is 204 Å². The molecule has 0 saturated carbocycles. The molecule has 2 aromatic rings. The summed E-state index contributed by atoms with van der Waals surface area (Å²) in [6, 6.07) is 11.5. The van der Waals surface area contributed by atoms with Crippen LogP contribution in [0.15, 0.2) is 66.8 Å². The molecule has 1 N–H and O–H groups in total. The topological polar surface area (TPSA) is 79.3 Å². The third kappa shape index (κ3) is 5.61. The van der Waals surface area contributed by atoms with E-state index in [4.69, 9.17) is 9.47 Å². The van der Waals surface area contributed by atoms with Gasteiger partial charge in [-0.1, -0.05) is 24.8 Å². The number of rotatable bonds is 9. The van der Waals surface area contributed by atoms with E-state index in [-0.39, 0.29) is 16.9 Å². The predicted octanol–water partition coefficient (Wildman–Crippen LogP) is 3.53. The SMILES string of the molecule is C=CCOc1ccc([C@H]2/C(=C(\O)c3ccc(F)cc3)C(=O)C(=O)N2CCCN2CCOCC2)cc1. The van der Waals surface area contributed by atoms with E-state index in [1.54, 1.807) is 30.3 Å². The van der Waals surface area contributed by atoms with Crippen LogP contribution in [-0.2, 0) is 14.3 Å². The lowest BCUT2D eigenvalue weighted by Crippen LogP contribution is -2.38. The van der Waals surface area contributed by atoms with Gasteiger partial charge in [0.2, 0.25) is 0 Å². The van der Waals surface area contributed by atoms with E-state index in [0.29, 0.717) is 44.1 Å². The Morgan fingerprint density at radius 3 is 2.43 bits per heavy atom. The summed E-state index contributed by atoms with van der Waals surface area (Å²) < 4.78 is 24.4. The molecule has 2 heterocycles. The number of halogens is 1. The Bertz CT molecular complexity index is 1090. The fraction of sp³-hybridized carbons (Fsp3) is 0.333. The molecule has 2 saturated heterocycles. The number of morpholine rings is 1. The van der Waals surface area contributed by atoms with Crippen LogP contribution in [0.3, 0.4) is 0 Å². The van der Waals surface area contributed by atoms with Gasteiger partial charge in [0.05, 0.1) is 24.8 Å². The van der Waals surface area contributed by atoms with Crippen molar-refractivity contribution in [3.63, 3.8) is 0 Å². The van der Waals surface area contributed by atoms with Gasteiger partial charge in [-0.15, -0.1) is 0 Å². The fourth-order valence-corrected chi connectivity index (χ4v) is 4.41. The van der Waals surface area contributed by atoms with Crippen LogP contribution in [0, 0.1) is 5.82 Å². The molecule has 4 rings (SSSR count). The van der Waals surface area contributed by atoms with Gasteiger partial charge in [-0.05, 0) is 48.4 Å². The zero-order valence-electron chi connectivity index (χ0n) is 19.5. The summed E-state index contributed by atoms with van der Waals surface area (Å²) in [5.74, 6) is -1.58. The number of benzene rings is 2. The van der Waals surface area contributed by atoms with Crippen LogP contribution in [0.5, 0.6) is 5.75 Å². The summed E-state index contributed by atoms with van der Waals surface area (Å²) in [7, 11) is 0. The monoisotopic (exact) mass is 480 g/mol. The minimum Gasteiger partial charge on any atom is -0.507 e. The number of nitrogens with zero attached hydrogens (tertiary/aromatic N) is 2. The highest BCUT2D eigenvalue weighted by atomic mass is 19.1. The summed E-state index contributed by atoms with van der Waals surface area (Å²) in [5.41, 5.74) is 0.937. The average molecular weight is 481 g/mol. The smallest absolute Gasteiger partial charge is 0.295 e. The fourth-order valence-electron chi connectivity index (χ4n) is 4.41. The standard InChI is InChI=1S/C27H29FN2O5/c1-2-16-35-22-10-6-19(7-11-22)24-23(25(31)20-4-8-21(28)9-5-20)26(32)27(33)30(24)13-3-12-29-14-17-34-18-15-29/h2,4-11,24,31H,1,3,12-18H2/b25-23+/t24-/m0/s1. The molecule has 8 heteroatoms. The molecule has 0 aliphatic carbocycles. The quantitative estimate of drug-likeness (QED) is 0.256. The lowest BCUT2D eigenvalue weighted by molar-refractivity contribution is -0.140. The number of ketones is 1. The van der Waals surface area contributed by atoms with Gasteiger partial charge in [-0.3, -0.25) is 14.5 Å². The molecule has 1 atom stereocenters. The minimum atomic E-state index is -0.766. The lowest BCUT2D eigenvalue weighted by Gasteiger charge is -2.29. The van der Waals surface area contributed by atoms with Crippen LogP contribution < -0.4 is 4.74 Å². The van der Waals surface area contributed by atoms with Crippen molar-refractivity contribution >= 4 is 17.4 Å². The van der Waals surface area contributed by atoms with Crippen molar-refractivity contribution in [1.29, 1.82) is 0 Å². The maximum Gasteiger partial charge on any atom is 0.295 e. The molecule has 2 aliphatic heterocycles. The van der Waals surface area contributed by atoms with Crippen molar-refractivity contribution < 1.29 is 28.6 Å². The average Bonchev–Trinajstić information content (AvgIpc) is 3.13. The molecule has 2 aromatic carbocycles. The third-order valence-corrected chi connectivity index (χ3v) is 6.20. The van der Waals surface area contributed by atoms with Gasteiger partial charge in [0, 0.05) is 31.7 Å². The first-order valence-electron chi connectivity index (χ1n) is 11.7. The van der Waals surface area contributed by atoms with Gasteiger partial charge in [0.25, 0.3) is 11.7 Å². The Kier molecular flexibility index (Phi) is 7.94. The van der Waals surface area contributed by atoms with Crippen LogP contribution in [0.4, 0.5) is 4.39 Å². The van der Waals surface area contributed by atoms with E-state index >= 15 is 0 Å². The van der Waals surface area contributed by atoms with E-state index in [9.17, 15) is 19.1 Å². The Hall–Kier alpha value is -3.49. The molecule has 0 spiro atoms. The summed E-state index contributed by atoms with van der Waals surface area (Å²) >= 11 is 0. The summed E-state index contributed by atoms with van der Waals surface area (Å²) in [6.45, 7) is 8.13. The number of hydrogen-bond donors (Lipinski definition) is 1. The normalized spacial score (nSPS) is 20.3. The van der Waals surface area contributed by atoms with E-state index in [1.165, 1.54) is 29.2 Å². The largest absolute Gasteiger partial charge is 0.507 e. The van der Waals surface area contributed by atoms with Gasteiger partial charge < -0.3 is 19.5 Å². The van der Waals surface area contributed by atoms with E-state index in [0.717, 1.165) is 19.6 Å². The molecule has 35 heavy (non-hydrogen) atoms. The van der Waals surface area contributed by atoms with Crippen LogP contribution in [0.1, 0.15) is 23.6 Å². The minimum absolute atomic E-state index is 0.00672. The number of Topliss-reactive ketones (excluding diaryl/α,β-unsaturated/α-hetero) is 1. The Morgan fingerprint density at radius 1 is 1.09 bits per heavy atom. The van der Waals surface area contributed by atoms with Crippen LogP contribution in [0.2, 0.25) is 0 Å². The molecule has 184 valence electrons. The Morgan fingerprint density at radius 2 is 1.77 bits per heavy atom. The van der Waals surface area contributed by atoms with E-state index in [1.807, 2.05) is 0 Å². The van der Waals surface area contributed by atoms with E-state index < -0.39 is 23.5 Å². The number of likely N-dealkylation sites (tertiary alicyclic amines) is 1. The summed E-state index contributed by atoms with van der Waals surface area (Å²) in [6.07, 6.45) is 2.31. The molecule has 0 unspecified atom stereocenters. The van der Waals surface area contributed by atoms with Gasteiger partial charge in [0.15, 0.2) is 0 Å². The van der Waals surface area contributed by atoms with Gasteiger partial charge in [0.1, 0.15) is 23.9 Å². The lowest BCUT2D eigenvalue weighted by atomic mass is 9.95. The van der Waals surface area contributed by atoms with E-state index in [2.05, 4.69) is 11.5 Å². The molecule has 0 radical (unpaired) electrons. The molecule has 0 bridgehead atoms. The van der Waals surface area contributed by atoms with Crippen molar-refractivity contribution in [3.8, 4) is 5.75 Å².